The van der Waals surface area contributed by atoms with Crippen LogP contribution in [-0.4, -0.2) is 0 Å². The molecule has 5 rings (SSSR count). The second kappa shape index (κ2) is 3.98. The second-order valence-corrected chi connectivity index (χ2v) is 6.57. The maximum atomic E-state index is 2.45. The predicted octanol–water partition coefficient (Wildman–Crippen LogP) is 3.84. The highest BCUT2D eigenvalue weighted by Crippen LogP contribution is 2.51. The van der Waals surface area contributed by atoms with Crippen molar-refractivity contribution in [3.05, 3.63) is 70.6 Å². The Bertz CT molecular complexity index is 940. The van der Waals surface area contributed by atoms with Gasteiger partial charge in [0.05, 0.1) is 0 Å². The molecule has 0 radical (unpaired) electrons. The third-order valence-electron chi connectivity index (χ3n) is 5.51. The van der Waals surface area contributed by atoms with E-state index in [4.69, 9.17) is 0 Å². The van der Waals surface area contributed by atoms with Crippen molar-refractivity contribution in [2.24, 2.45) is 5.41 Å². The number of rotatable bonds is 0. The Morgan fingerprint density at radius 3 is 2.71 bits per heavy atom. The molecule has 0 heteroatoms. The number of allylic oxidation sites excluding steroid dienone is 4. The molecule has 0 nitrogen and oxygen atoms in total. The molecule has 0 N–H and O–H groups in total. The van der Waals surface area contributed by atoms with Crippen LogP contribution >= 0.6 is 0 Å². The van der Waals surface area contributed by atoms with Gasteiger partial charge in [-0.05, 0) is 69.8 Å². The maximum Gasteiger partial charge on any atom is 0.0353 e. The molecule has 3 aliphatic rings. The zero-order valence-electron chi connectivity index (χ0n) is 12.1. The summed E-state index contributed by atoms with van der Waals surface area (Å²) in [7, 11) is 0. The van der Waals surface area contributed by atoms with Crippen LogP contribution < -0.4 is 10.4 Å². The lowest BCUT2D eigenvalue weighted by molar-refractivity contribution is 0.466. The molecule has 0 saturated heterocycles. The fourth-order valence-electron chi connectivity index (χ4n) is 4.50. The van der Waals surface area contributed by atoms with Gasteiger partial charge in [-0.15, -0.1) is 0 Å². The van der Waals surface area contributed by atoms with Gasteiger partial charge in [0.25, 0.3) is 0 Å². The van der Waals surface area contributed by atoms with Gasteiger partial charge in [-0.2, -0.15) is 0 Å². The number of hydrogen-bond donors (Lipinski definition) is 0. The first-order valence-corrected chi connectivity index (χ1v) is 8.01. The Hall–Kier alpha value is -2.08. The fourth-order valence-corrected chi connectivity index (χ4v) is 4.50. The van der Waals surface area contributed by atoms with E-state index in [2.05, 4.69) is 60.7 Å². The average Bonchev–Trinajstić information content (AvgIpc) is 2.92. The first kappa shape index (κ1) is 11.6. The maximum absolute atomic E-state index is 2.45. The van der Waals surface area contributed by atoms with Crippen molar-refractivity contribution in [1.29, 1.82) is 0 Å². The molecule has 0 amide bonds. The Kier molecular flexibility index (Phi) is 2.19. The Labute approximate surface area is 124 Å². The highest BCUT2D eigenvalue weighted by Gasteiger charge is 2.40. The van der Waals surface area contributed by atoms with E-state index >= 15 is 0 Å². The van der Waals surface area contributed by atoms with Crippen LogP contribution in [0, 0.1) is 5.41 Å². The zero-order valence-corrected chi connectivity index (χ0v) is 12.1. The van der Waals surface area contributed by atoms with Gasteiger partial charge in [-0.25, -0.2) is 0 Å². The van der Waals surface area contributed by atoms with E-state index in [-0.39, 0.29) is 5.41 Å². The Morgan fingerprint density at radius 2 is 1.81 bits per heavy atom. The van der Waals surface area contributed by atoms with Crippen molar-refractivity contribution in [3.8, 4) is 0 Å². The molecule has 0 aliphatic heterocycles. The van der Waals surface area contributed by atoms with Gasteiger partial charge in [-0.3, -0.25) is 0 Å². The molecule has 102 valence electrons. The third-order valence-corrected chi connectivity index (χ3v) is 5.51. The lowest BCUT2D eigenvalue weighted by Crippen LogP contribution is -2.40. The number of fused-ring (bicyclic) bond motifs is 2. The van der Waals surface area contributed by atoms with Crippen LogP contribution in [0.25, 0.3) is 22.4 Å². The van der Waals surface area contributed by atoms with Gasteiger partial charge in [0.15, 0.2) is 0 Å². The number of hydrogen-bond acceptors (Lipinski definition) is 0. The molecule has 1 unspecified atom stereocenters. The van der Waals surface area contributed by atoms with Crippen molar-refractivity contribution in [2.45, 2.75) is 25.7 Å². The SMILES string of the molecule is C1=CC23CCCCC2=c2cc4ccccc4cc2=CC3=C1. The van der Waals surface area contributed by atoms with E-state index in [1.54, 1.807) is 5.57 Å². The second-order valence-electron chi connectivity index (χ2n) is 6.57. The molecule has 0 aromatic heterocycles. The smallest absolute Gasteiger partial charge is 0.0353 e. The molecule has 1 spiro atoms. The van der Waals surface area contributed by atoms with Crippen molar-refractivity contribution < 1.29 is 0 Å². The lowest BCUT2D eigenvalue weighted by Gasteiger charge is -2.39. The largest absolute Gasteiger partial charge is 0.0699 e. The van der Waals surface area contributed by atoms with Crippen molar-refractivity contribution in [2.75, 3.05) is 0 Å². The van der Waals surface area contributed by atoms with E-state index in [1.165, 1.54) is 52.5 Å². The van der Waals surface area contributed by atoms with Gasteiger partial charge < -0.3 is 0 Å². The molecule has 2 aromatic carbocycles. The first-order valence-electron chi connectivity index (χ1n) is 8.01. The van der Waals surface area contributed by atoms with E-state index in [0.29, 0.717) is 0 Å². The van der Waals surface area contributed by atoms with Gasteiger partial charge >= 0.3 is 0 Å². The molecule has 2 aromatic rings. The molecule has 1 fully saturated rings. The van der Waals surface area contributed by atoms with Crippen molar-refractivity contribution >= 4 is 22.4 Å². The van der Waals surface area contributed by atoms with Gasteiger partial charge in [0, 0.05) is 5.41 Å². The van der Waals surface area contributed by atoms with E-state index in [1.807, 2.05) is 0 Å². The van der Waals surface area contributed by atoms with Crippen LogP contribution in [0.5, 0.6) is 0 Å². The lowest BCUT2D eigenvalue weighted by atomic mass is 9.64. The van der Waals surface area contributed by atoms with Crippen LogP contribution in [-0.2, 0) is 0 Å². The minimum Gasteiger partial charge on any atom is -0.0699 e. The molecule has 0 bridgehead atoms. The van der Waals surface area contributed by atoms with Crippen molar-refractivity contribution in [3.63, 3.8) is 0 Å². The van der Waals surface area contributed by atoms with E-state index in [9.17, 15) is 0 Å². The molecule has 21 heavy (non-hydrogen) atoms. The molecular formula is C21H18. The summed E-state index contributed by atoms with van der Waals surface area (Å²) in [4.78, 5) is 0. The predicted molar refractivity (Wildman–Crippen MR) is 89.2 cm³/mol. The van der Waals surface area contributed by atoms with Crippen LogP contribution in [0.15, 0.2) is 60.2 Å². The van der Waals surface area contributed by atoms with Gasteiger partial charge in [0.2, 0.25) is 0 Å². The summed E-state index contributed by atoms with van der Waals surface area (Å²) >= 11 is 0. The Balaban J connectivity index is 1.96. The average molecular weight is 270 g/mol. The topological polar surface area (TPSA) is 0 Å². The third kappa shape index (κ3) is 1.45. The summed E-state index contributed by atoms with van der Waals surface area (Å²) in [5, 5.41) is 5.63. The quantitative estimate of drug-likeness (QED) is 0.682. The number of benzene rings is 2. The van der Waals surface area contributed by atoms with E-state index < -0.39 is 0 Å². The van der Waals surface area contributed by atoms with Crippen LogP contribution in [0.4, 0.5) is 0 Å². The highest BCUT2D eigenvalue weighted by molar-refractivity contribution is 5.86. The fraction of sp³-hybridized carbons (Fsp3) is 0.238. The molecule has 1 atom stereocenters. The summed E-state index contributed by atoms with van der Waals surface area (Å²) in [6.07, 6.45) is 14.7. The van der Waals surface area contributed by atoms with Gasteiger partial charge in [0.1, 0.15) is 0 Å². The summed E-state index contributed by atoms with van der Waals surface area (Å²) in [5.41, 5.74) is 3.41. The highest BCUT2D eigenvalue weighted by atomic mass is 14.4. The monoisotopic (exact) mass is 270 g/mol. The minimum absolute atomic E-state index is 0.230. The molecular weight excluding hydrogens is 252 g/mol. The van der Waals surface area contributed by atoms with Gasteiger partial charge in [-0.1, -0.05) is 48.9 Å². The first-order chi connectivity index (χ1) is 10.4. The standard InChI is InChI=1S/C21H18/c1-2-7-16-14-19-17(12-15(16)6-1)13-18-8-5-11-21(18)10-4-3-9-20(19)21/h1-2,5-8,11-14H,3-4,9-10H2. The molecule has 1 saturated carbocycles. The summed E-state index contributed by atoms with van der Waals surface area (Å²) in [6, 6.07) is 13.5. The van der Waals surface area contributed by atoms with Crippen molar-refractivity contribution in [1.82, 2.24) is 0 Å². The molecule has 3 aliphatic carbocycles. The van der Waals surface area contributed by atoms with Crippen LogP contribution in [0.1, 0.15) is 25.7 Å². The minimum atomic E-state index is 0.230. The zero-order chi connectivity index (χ0) is 13.9. The normalized spacial score (nSPS) is 25.9. The summed E-state index contributed by atoms with van der Waals surface area (Å²) in [6.45, 7) is 0. The summed E-state index contributed by atoms with van der Waals surface area (Å²) in [5.74, 6) is 0. The van der Waals surface area contributed by atoms with E-state index in [0.717, 1.165) is 0 Å². The Morgan fingerprint density at radius 1 is 0.952 bits per heavy atom. The summed E-state index contributed by atoms with van der Waals surface area (Å²) < 4.78 is 0. The molecule has 0 heterocycles. The van der Waals surface area contributed by atoms with Crippen LogP contribution in [0.3, 0.4) is 0 Å². The van der Waals surface area contributed by atoms with Crippen LogP contribution in [0.2, 0.25) is 0 Å².